The molecule has 0 radical (unpaired) electrons. The highest BCUT2D eigenvalue weighted by Crippen LogP contribution is 2.20. The summed E-state index contributed by atoms with van der Waals surface area (Å²) in [5.41, 5.74) is 2.70. The van der Waals surface area contributed by atoms with Gasteiger partial charge < -0.3 is 5.32 Å². The maximum absolute atomic E-state index is 12.4. The molecule has 2 rings (SSSR count). The second-order valence-corrected chi connectivity index (χ2v) is 6.45. The Morgan fingerprint density at radius 2 is 1.82 bits per heavy atom. The fraction of sp³-hybridized carbons (Fsp3) is 0.353. The van der Waals surface area contributed by atoms with Gasteiger partial charge in [0.15, 0.2) is 5.82 Å². The third-order valence-corrected chi connectivity index (χ3v) is 3.24. The summed E-state index contributed by atoms with van der Waals surface area (Å²) in [6.45, 7) is 9.83. The summed E-state index contributed by atoms with van der Waals surface area (Å²) in [7, 11) is 0. The lowest BCUT2D eigenvalue weighted by Gasteiger charge is -2.18. The molecule has 5 heteroatoms. The molecule has 1 amide bonds. The van der Waals surface area contributed by atoms with Gasteiger partial charge in [0.2, 0.25) is 0 Å². The fourth-order valence-electron chi connectivity index (χ4n) is 2.18. The second kappa shape index (κ2) is 5.64. The second-order valence-electron chi connectivity index (χ2n) is 6.45. The van der Waals surface area contributed by atoms with Gasteiger partial charge in [0, 0.05) is 11.8 Å². The normalized spacial score (nSPS) is 11.1. The van der Waals surface area contributed by atoms with Crippen molar-refractivity contribution in [3.63, 3.8) is 0 Å². The van der Waals surface area contributed by atoms with Crippen LogP contribution < -0.4 is 5.32 Å². The van der Waals surface area contributed by atoms with E-state index in [4.69, 9.17) is 0 Å². The summed E-state index contributed by atoms with van der Waals surface area (Å²) in [4.78, 5) is 12.4. The Bertz CT molecular complexity index is 740. The van der Waals surface area contributed by atoms with Crippen LogP contribution in [-0.2, 0) is 5.54 Å². The van der Waals surface area contributed by atoms with Crippen LogP contribution in [0.5, 0.6) is 0 Å². The van der Waals surface area contributed by atoms with E-state index in [1.54, 1.807) is 10.9 Å². The molecule has 2 aromatic rings. The Hall–Kier alpha value is -2.61. The number of hydrogen-bond acceptors (Lipinski definition) is 3. The number of carbonyl (C=O) groups is 1. The highest BCUT2D eigenvalue weighted by molar-refractivity contribution is 6.04. The zero-order valence-corrected chi connectivity index (χ0v) is 13.6. The summed E-state index contributed by atoms with van der Waals surface area (Å²) >= 11 is 0. The number of anilines is 1. The van der Waals surface area contributed by atoms with Gasteiger partial charge in [-0.1, -0.05) is 17.2 Å². The van der Waals surface area contributed by atoms with E-state index in [1.807, 2.05) is 52.8 Å². The number of hydrogen-bond donors (Lipinski definition) is 1. The Labute approximate surface area is 130 Å². The van der Waals surface area contributed by atoms with Crippen LogP contribution in [0, 0.1) is 25.2 Å². The van der Waals surface area contributed by atoms with Crippen molar-refractivity contribution in [3.8, 4) is 6.07 Å². The van der Waals surface area contributed by atoms with Crippen LogP contribution in [0.3, 0.4) is 0 Å². The van der Waals surface area contributed by atoms with Crippen molar-refractivity contribution in [2.45, 2.75) is 40.2 Å². The van der Waals surface area contributed by atoms with E-state index in [0.717, 1.165) is 11.1 Å². The molecule has 0 saturated carbocycles. The SMILES string of the molecule is Cc1cc(C)cc(C(=O)Nc2nn(C(C)(C)C)cc2C#N)c1. The summed E-state index contributed by atoms with van der Waals surface area (Å²) in [5.74, 6) is 0.0315. The van der Waals surface area contributed by atoms with Crippen molar-refractivity contribution >= 4 is 11.7 Å². The van der Waals surface area contributed by atoms with E-state index in [9.17, 15) is 10.1 Å². The molecular formula is C17H20N4O. The van der Waals surface area contributed by atoms with Gasteiger partial charge in [0.05, 0.1) is 5.54 Å². The minimum Gasteiger partial charge on any atom is -0.304 e. The summed E-state index contributed by atoms with van der Waals surface area (Å²) in [6.07, 6.45) is 1.65. The quantitative estimate of drug-likeness (QED) is 0.923. The van der Waals surface area contributed by atoms with Gasteiger partial charge in [-0.25, -0.2) is 0 Å². The first-order valence-corrected chi connectivity index (χ1v) is 7.10. The molecule has 0 bridgehead atoms. The predicted molar refractivity (Wildman–Crippen MR) is 85.8 cm³/mol. The maximum Gasteiger partial charge on any atom is 0.256 e. The van der Waals surface area contributed by atoms with Crippen LogP contribution in [0.25, 0.3) is 0 Å². The van der Waals surface area contributed by atoms with Gasteiger partial charge in [0.25, 0.3) is 5.91 Å². The first kappa shape index (κ1) is 15.8. The molecule has 1 aromatic heterocycles. The first-order valence-electron chi connectivity index (χ1n) is 7.10. The van der Waals surface area contributed by atoms with Crippen LogP contribution in [0.2, 0.25) is 0 Å². The average Bonchev–Trinajstić information content (AvgIpc) is 2.80. The predicted octanol–water partition coefficient (Wildman–Crippen LogP) is 3.38. The molecule has 0 atom stereocenters. The summed E-state index contributed by atoms with van der Waals surface area (Å²) in [6, 6.07) is 7.70. The lowest BCUT2D eigenvalue weighted by molar-refractivity contribution is 0.102. The molecule has 0 aliphatic heterocycles. The molecule has 0 aliphatic rings. The minimum absolute atomic E-state index is 0.255. The molecule has 5 nitrogen and oxygen atoms in total. The van der Waals surface area contributed by atoms with Crippen molar-refractivity contribution in [2.75, 3.05) is 5.32 Å². The van der Waals surface area contributed by atoms with Crippen molar-refractivity contribution in [2.24, 2.45) is 0 Å². The highest BCUT2D eigenvalue weighted by atomic mass is 16.1. The molecule has 22 heavy (non-hydrogen) atoms. The third-order valence-electron chi connectivity index (χ3n) is 3.24. The van der Waals surface area contributed by atoms with Gasteiger partial charge in [-0.3, -0.25) is 9.48 Å². The molecule has 0 spiro atoms. The Kier molecular flexibility index (Phi) is 4.05. The van der Waals surface area contributed by atoms with Gasteiger partial charge >= 0.3 is 0 Å². The molecule has 0 aliphatic carbocycles. The smallest absolute Gasteiger partial charge is 0.256 e. The number of nitrogens with zero attached hydrogens (tertiary/aromatic N) is 3. The van der Waals surface area contributed by atoms with E-state index in [-0.39, 0.29) is 11.4 Å². The molecular weight excluding hydrogens is 276 g/mol. The molecule has 0 saturated heterocycles. The summed E-state index contributed by atoms with van der Waals surface area (Å²) < 4.78 is 1.68. The zero-order chi connectivity index (χ0) is 16.5. The molecule has 114 valence electrons. The lowest BCUT2D eigenvalue weighted by Crippen LogP contribution is -2.22. The average molecular weight is 296 g/mol. The van der Waals surface area contributed by atoms with Crippen molar-refractivity contribution < 1.29 is 4.79 Å². The number of nitriles is 1. The molecule has 0 fully saturated rings. The van der Waals surface area contributed by atoms with E-state index < -0.39 is 0 Å². The first-order chi connectivity index (χ1) is 10.2. The van der Waals surface area contributed by atoms with Gasteiger partial charge in [0.1, 0.15) is 11.6 Å². The van der Waals surface area contributed by atoms with Crippen LogP contribution in [-0.4, -0.2) is 15.7 Å². The number of amides is 1. The van der Waals surface area contributed by atoms with Crippen LogP contribution >= 0.6 is 0 Å². The summed E-state index contributed by atoms with van der Waals surface area (Å²) in [5, 5.41) is 16.3. The number of nitrogens with one attached hydrogen (secondary N) is 1. The minimum atomic E-state index is -0.262. The largest absolute Gasteiger partial charge is 0.304 e. The van der Waals surface area contributed by atoms with Crippen molar-refractivity contribution in [1.29, 1.82) is 5.26 Å². The Morgan fingerprint density at radius 3 is 2.32 bits per heavy atom. The molecule has 0 unspecified atom stereocenters. The van der Waals surface area contributed by atoms with E-state index >= 15 is 0 Å². The van der Waals surface area contributed by atoms with Crippen LogP contribution in [0.1, 0.15) is 47.8 Å². The number of benzene rings is 1. The van der Waals surface area contributed by atoms with Gasteiger partial charge in [-0.05, 0) is 46.8 Å². The third kappa shape index (κ3) is 3.34. The Balaban J connectivity index is 2.32. The van der Waals surface area contributed by atoms with Crippen molar-refractivity contribution in [3.05, 3.63) is 46.6 Å². The Morgan fingerprint density at radius 1 is 1.23 bits per heavy atom. The standard InChI is InChI=1S/C17H20N4O/c1-11-6-12(2)8-13(7-11)16(22)19-15-14(9-18)10-21(20-15)17(3,4)5/h6-8,10H,1-5H3,(H,19,20,22). The number of rotatable bonds is 2. The monoisotopic (exact) mass is 296 g/mol. The molecule has 1 N–H and O–H groups in total. The van der Waals surface area contributed by atoms with Crippen LogP contribution in [0.15, 0.2) is 24.4 Å². The van der Waals surface area contributed by atoms with E-state index in [2.05, 4.69) is 16.5 Å². The van der Waals surface area contributed by atoms with E-state index in [1.165, 1.54) is 0 Å². The van der Waals surface area contributed by atoms with Crippen LogP contribution in [0.4, 0.5) is 5.82 Å². The maximum atomic E-state index is 12.4. The number of aryl methyl sites for hydroxylation is 2. The fourth-order valence-corrected chi connectivity index (χ4v) is 2.18. The van der Waals surface area contributed by atoms with Crippen molar-refractivity contribution in [1.82, 2.24) is 9.78 Å². The number of aromatic nitrogens is 2. The number of carbonyl (C=O) groups excluding carboxylic acids is 1. The molecule has 1 heterocycles. The zero-order valence-electron chi connectivity index (χ0n) is 13.6. The van der Waals surface area contributed by atoms with Gasteiger partial charge in [-0.15, -0.1) is 0 Å². The lowest BCUT2D eigenvalue weighted by atomic mass is 10.1. The molecule has 1 aromatic carbocycles. The van der Waals surface area contributed by atoms with E-state index in [0.29, 0.717) is 16.9 Å². The van der Waals surface area contributed by atoms with Gasteiger partial charge in [-0.2, -0.15) is 10.4 Å². The topological polar surface area (TPSA) is 70.7 Å². The highest BCUT2D eigenvalue weighted by Gasteiger charge is 2.19.